The molecule has 0 aliphatic rings. The van der Waals surface area contributed by atoms with Crippen LogP contribution >= 0.6 is 0 Å². The molecule has 0 radical (unpaired) electrons. The highest BCUT2D eigenvalue weighted by atomic mass is 16.2. The summed E-state index contributed by atoms with van der Waals surface area (Å²) in [5, 5.41) is 6.01. The lowest BCUT2D eigenvalue weighted by Crippen LogP contribution is -2.29. The lowest BCUT2D eigenvalue weighted by atomic mass is 9.88. The first-order valence-electron chi connectivity index (χ1n) is 13.4. The smallest absolute Gasteiger partial charge is 0.220 e. The predicted molar refractivity (Wildman–Crippen MR) is 154 cm³/mol. The minimum absolute atomic E-state index is 0.0912. The van der Waals surface area contributed by atoms with Gasteiger partial charge in [-0.15, -0.1) is 0 Å². The van der Waals surface area contributed by atoms with Gasteiger partial charge in [-0.05, 0) is 35.1 Å². The van der Waals surface area contributed by atoms with E-state index in [0.29, 0.717) is 13.1 Å². The Balaban J connectivity index is 1.21. The fourth-order valence-electron chi connectivity index (χ4n) is 4.91. The molecule has 0 aliphatic carbocycles. The summed E-state index contributed by atoms with van der Waals surface area (Å²) in [7, 11) is 0. The molecule has 0 aromatic heterocycles. The first kappa shape index (κ1) is 26.9. The van der Waals surface area contributed by atoms with Gasteiger partial charge in [-0.1, -0.05) is 121 Å². The van der Waals surface area contributed by atoms with Crippen LogP contribution in [0.1, 0.15) is 59.8 Å². The van der Waals surface area contributed by atoms with Gasteiger partial charge in [0, 0.05) is 37.8 Å². The molecule has 0 bridgehead atoms. The topological polar surface area (TPSA) is 58.2 Å². The van der Waals surface area contributed by atoms with Gasteiger partial charge in [0.2, 0.25) is 11.8 Å². The summed E-state index contributed by atoms with van der Waals surface area (Å²) in [6.45, 7) is 1.12. The Labute approximate surface area is 226 Å². The van der Waals surface area contributed by atoms with E-state index in [2.05, 4.69) is 59.2 Å². The monoisotopic (exact) mass is 504 g/mol. The van der Waals surface area contributed by atoms with Crippen molar-refractivity contribution in [2.24, 2.45) is 0 Å². The fraction of sp³-hybridized carbons (Fsp3) is 0.235. The van der Waals surface area contributed by atoms with Crippen LogP contribution < -0.4 is 10.6 Å². The van der Waals surface area contributed by atoms with Gasteiger partial charge in [0.25, 0.3) is 0 Å². The van der Waals surface area contributed by atoms with E-state index in [9.17, 15) is 9.59 Å². The highest BCUT2D eigenvalue weighted by Crippen LogP contribution is 2.28. The average molecular weight is 505 g/mol. The SMILES string of the molecule is O=C(CCC(=O)NCCC(c1ccccc1)c1ccccc1)NCCC(c1ccccc1)c1ccccc1. The van der Waals surface area contributed by atoms with Gasteiger partial charge in [-0.25, -0.2) is 0 Å². The zero-order chi connectivity index (χ0) is 26.4. The second-order valence-corrected chi connectivity index (χ2v) is 9.53. The van der Waals surface area contributed by atoms with Gasteiger partial charge in [-0.3, -0.25) is 9.59 Å². The zero-order valence-corrected chi connectivity index (χ0v) is 21.8. The van der Waals surface area contributed by atoms with E-state index in [-0.39, 0.29) is 36.5 Å². The average Bonchev–Trinajstić information content (AvgIpc) is 2.98. The number of nitrogens with one attached hydrogen (secondary N) is 2. The summed E-state index contributed by atoms with van der Waals surface area (Å²) in [6, 6.07) is 41.5. The van der Waals surface area contributed by atoms with Gasteiger partial charge in [0.1, 0.15) is 0 Å². The quantitative estimate of drug-likeness (QED) is 0.220. The molecule has 4 nitrogen and oxygen atoms in total. The van der Waals surface area contributed by atoms with Gasteiger partial charge < -0.3 is 10.6 Å². The van der Waals surface area contributed by atoms with E-state index in [1.54, 1.807) is 0 Å². The van der Waals surface area contributed by atoms with Crippen LogP contribution in [-0.2, 0) is 9.59 Å². The molecule has 0 heterocycles. The van der Waals surface area contributed by atoms with E-state index >= 15 is 0 Å². The summed E-state index contributed by atoms with van der Waals surface area (Å²) in [6.07, 6.45) is 1.97. The Morgan fingerprint density at radius 3 is 0.974 bits per heavy atom. The minimum atomic E-state index is -0.0912. The first-order valence-corrected chi connectivity index (χ1v) is 13.4. The number of hydrogen-bond donors (Lipinski definition) is 2. The van der Waals surface area contributed by atoms with Crippen molar-refractivity contribution in [2.75, 3.05) is 13.1 Å². The molecule has 2 N–H and O–H groups in total. The molecule has 194 valence electrons. The van der Waals surface area contributed by atoms with Gasteiger partial charge in [0.15, 0.2) is 0 Å². The molecule has 4 aromatic rings. The Hall–Kier alpha value is -4.18. The van der Waals surface area contributed by atoms with Gasteiger partial charge >= 0.3 is 0 Å². The van der Waals surface area contributed by atoms with E-state index in [4.69, 9.17) is 0 Å². The molecule has 0 aliphatic heterocycles. The number of carbonyl (C=O) groups is 2. The molecule has 0 unspecified atom stereocenters. The molecule has 0 saturated heterocycles. The normalized spacial score (nSPS) is 10.9. The standard InChI is InChI=1S/C34H36N2O2/c37-33(35-25-23-31(27-13-5-1-6-14-27)28-15-7-2-8-16-28)21-22-34(38)36-26-24-32(29-17-9-3-10-18-29)30-19-11-4-12-20-30/h1-20,31-32H,21-26H2,(H,35,37)(H,36,38). The fourth-order valence-corrected chi connectivity index (χ4v) is 4.91. The summed E-state index contributed by atoms with van der Waals surface area (Å²) < 4.78 is 0. The molecule has 38 heavy (non-hydrogen) atoms. The van der Waals surface area contributed by atoms with Crippen LogP contribution in [0.25, 0.3) is 0 Å². The number of carbonyl (C=O) groups excluding carboxylic acids is 2. The van der Waals surface area contributed by atoms with Crippen LogP contribution in [0.2, 0.25) is 0 Å². The summed E-state index contributed by atoms with van der Waals surface area (Å²) in [4.78, 5) is 24.9. The van der Waals surface area contributed by atoms with Crippen LogP contribution in [0.4, 0.5) is 0 Å². The third kappa shape index (κ3) is 8.17. The Morgan fingerprint density at radius 2 is 0.711 bits per heavy atom. The van der Waals surface area contributed by atoms with E-state index in [1.807, 2.05) is 72.8 Å². The van der Waals surface area contributed by atoms with Crippen LogP contribution in [-0.4, -0.2) is 24.9 Å². The highest BCUT2D eigenvalue weighted by molar-refractivity contribution is 5.83. The minimum Gasteiger partial charge on any atom is -0.356 e. The summed E-state index contributed by atoms with van der Waals surface area (Å²) >= 11 is 0. The molecular formula is C34H36N2O2. The van der Waals surface area contributed by atoms with Crippen molar-refractivity contribution < 1.29 is 9.59 Å². The van der Waals surface area contributed by atoms with Crippen molar-refractivity contribution in [3.8, 4) is 0 Å². The number of amides is 2. The second-order valence-electron chi connectivity index (χ2n) is 9.53. The van der Waals surface area contributed by atoms with Crippen molar-refractivity contribution in [3.63, 3.8) is 0 Å². The molecular weight excluding hydrogens is 468 g/mol. The molecule has 0 fully saturated rings. The van der Waals surface area contributed by atoms with Crippen molar-refractivity contribution in [1.29, 1.82) is 0 Å². The Kier molecular flexibility index (Phi) is 10.3. The molecule has 0 saturated carbocycles. The molecule has 4 rings (SSSR count). The third-order valence-corrected chi connectivity index (χ3v) is 6.90. The zero-order valence-electron chi connectivity index (χ0n) is 21.8. The molecule has 2 amide bonds. The maximum absolute atomic E-state index is 12.5. The Morgan fingerprint density at radius 1 is 0.447 bits per heavy atom. The molecule has 4 aromatic carbocycles. The number of hydrogen-bond acceptors (Lipinski definition) is 2. The molecule has 0 spiro atoms. The Bertz CT molecular complexity index is 1060. The maximum Gasteiger partial charge on any atom is 0.220 e. The predicted octanol–water partition coefficient (Wildman–Crippen LogP) is 6.44. The largest absolute Gasteiger partial charge is 0.356 e. The first-order chi connectivity index (χ1) is 18.7. The maximum atomic E-state index is 12.5. The highest BCUT2D eigenvalue weighted by Gasteiger charge is 2.16. The van der Waals surface area contributed by atoms with E-state index in [0.717, 1.165) is 12.8 Å². The summed E-state index contributed by atoms with van der Waals surface area (Å²) in [5.41, 5.74) is 4.93. The van der Waals surface area contributed by atoms with Gasteiger partial charge in [0.05, 0.1) is 0 Å². The van der Waals surface area contributed by atoms with Crippen molar-refractivity contribution in [2.45, 2.75) is 37.5 Å². The van der Waals surface area contributed by atoms with Crippen LogP contribution in [0.3, 0.4) is 0 Å². The summed E-state index contributed by atoms with van der Waals surface area (Å²) in [5.74, 6) is 0.240. The lowest BCUT2D eigenvalue weighted by molar-refractivity contribution is -0.126. The van der Waals surface area contributed by atoms with Crippen molar-refractivity contribution >= 4 is 11.8 Å². The van der Waals surface area contributed by atoms with E-state index in [1.165, 1.54) is 22.3 Å². The van der Waals surface area contributed by atoms with Crippen molar-refractivity contribution in [1.82, 2.24) is 10.6 Å². The van der Waals surface area contributed by atoms with Crippen LogP contribution in [0.5, 0.6) is 0 Å². The lowest BCUT2D eigenvalue weighted by Gasteiger charge is -2.19. The number of rotatable bonds is 13. The molecule has 0 atom stereocenters. The van der Waals surface area contributed by atoms with Gasteiger partial charge in [-0.2, -0.15) is 0 Å². The molecule has 4 heteroatoms. The third-order valence-electron chi connectivity index (χ3n) is 6.90. The van der Waals surface area contributed by atoms with E-state index < -0.39 is 0 Å². The van der Waals surface area contributed by atoms with Crippen LogP contribution in [0.15, 0.2) is 121 Å². The number of benzene rings is 4. The van der Waals surface area contributed by atoms with Crippen LogP contribution in [0, 0.1) is 0 Å². The second kappa shape index (κ2) is 14.5. The van der Waals surface area contributed by atoms with Crippen molar-refractivity contribution in [3.05, 3.63) is 144 Å².